The minimum atomic E-state index is -3.64. The fraction of sp³-hybridized carbons (Fsp3) is 0.412. The molecule has 0 bridgehead atoms. The topological polar surface area (TPSA) is 127 Å². The van der Waals surface area contributed by atoms with Crippen LogP contribution in [0.4, 0.5) is 5.69 Å². The number of carbonyl (C=O) groups is 1. The molecular weight excluding hydrogens is 370 g/mol. The Labute approximate surface area is 156 Å². The molecule has 2 aliphatic rings. The number of benzene rings is 1. The number of hydrogen-bond donors (Lipinski definition) is 4. The van der Waals surface area contributed by atoms with E-state index in [1.165, 1.54) is 22.5 Å². The minimum absolute atomic E-state index is 0.0424. The highest BCUT2D eigenvalue weighted by Crippen LogP contribution is 2.30. The molecule has 1 fully saturated rings. The number of nitrogens with zero attached hydrogens (tertiary/aromatic N) is 2. The van der Waals surface area contributed by atoms with Crippen LogP contribution in [0.2, 0.25) is 0 Å². The normalized spacial score (nSPS) is 17.6. The average Bonchev–Trinajstić information content (AvgIpc) is 3.33. The number of amides is 1. The number of nitrogens with one attached hydrogen (secondary N) is 3. The molecule has 1 aromatic carbocycles. The molecular formula is C17H21N5O4S. The molecule has 3 heterocycles. The number of carbonyl (C=O) groups excluding carboxylic acids is 1. The van der Waals surface area contributed by atoms with Gasteiger partial charge in [0.05, 0.1) is 10.6 Å². The van der Waals surface area contributed by atoms with Crippen molar-refractivity contribution >= 4 is 21.6 Å². The maximum Gasteiger partial charge on any atom is 0.276 e. The van der Waals surface area contributed by atoms with Crippen LogP contribution < -0.4 is 10.6 Å². The summed E-state index contributed by atoms with van der Waals surface area (Å²) >= 11 is 0. The number of anilines is 1. The van der Waals surface area contributed by atoms with Crippen molar-refractivity contribution in [2.45, 2.75) is 30.7 Å². The summed E-state index contributed by atoms with van der Waals surface area (Å²) in [5, 5.41) is 22.8. The van der Waals surface area contributed by atoms with E-state index in [9.17, 15) is 18.3 Å². The van der Waals surface area contributed by atoms with Crippen molar-refractivity contribution in [1.82, 2.24) is 19.8 Å². The SMILES string of the molecule is O=C(Nc1cc(S(=O)(=O)N2CCCC2)ccc1O)c1n[nH]c2c1CNCC2. The van der Waals surface area contributed by atoms with Crippen LogP contribution in [0.3, 0.4) is 0 Å². The zero-order chi connectivity index (χ0) is 19.0. The Morgan fingerprint density at radius 1 is 1.26 bits per heavy atom. The van der Waals surface area contributed by atoms with Gasteiger partial charge in [0.25, 0.3) is 5.91 Å². The Hall–Kier alpha value is -2.43. The number of phenols is 1. The minimum Gasteiger partial charge on any atom is -0.506 e. The Bertz CT molecular complexity index is 979. The van der Waals surface area contributed by atoms with Crippen molar-refractivity contribution < 1.29 is 18.3 Å². The number of H-pyrrole nitrogens is 1. The largest absolute Gasteiger partial charge is 0.506 e. The fourth-order valence-electron chi connectivity index (χ4n) is 3.45. The highest BCUT2D eigenvalue weighted by Gasteiger charge is 2.28. The molecule has 1 aromatic heterocycles. The lowest BCUT2D eigenvalue weighted by atomic mass is 10.1. The van der Waals surface area contributed by atoms with E-state index in [4.69, 9.17) is 0 Å². The van der Waals surface area contributed by atoms with Gasteiger partial charge in [-0.15, -0.1) is 0 Å². The third-order valence-electron chi connectivity index (χ3n) is 4.94. The van der Waals surface area contributed by atoms with Crippen molar-refractivity contribution in [2.75, 3.05) is 25.0 Å². The zero-order valence-electron chi connectivity index (χ0n) is 14.7. The first kappa shape index (κ1) is 18.0. The third-order valence-corrected chi connectivity index (χ3v) is 6.84. The van der Waals surface area contributed by atoms with Crippen molar-refractivity contribution in [3.05, 3.63) is 35.2 Å². The number of aromatic amines is 1. The van der Waals surface area contributed by atoms with Crippen molar-refractivity contribution in [2.24, 2.45) is 0 Å². The van der Waals surface area contributed by atoms with Gasteiger partial charge in [-0.25, -0.2) is 8.42 Å². The summed E-state index contributed by atoms with van der Waals surface area (Å²) in [4.78, 5) is 12.7. The van der Waals surface area contributed by atoms with Gasteiger partial charge in [-0.3, -0.25) is 9.89 Å². The number of aromatic nitrogens is 2. The first-order valence-electron chi connectivity index (χ1n) is 8.88. The highest BCUT2D eigenvalue weighted by atomic mass is 32.2. The molecule has 0 radical (unpaired) electrons. The quantitative estimate of drug-likeness (QED) is 0.571. The number of fused-ring (bicyclic) bond motifs is 1. The van der Waals surface area contributed by atoms with Crippen molar-refractivity contribution in [3.8, 4) is 5.75 Å². The first-order valence-corrected chi connectivity index (χ1v) is 10.3. The summed E-state index contributed by atoms with van der Waals surface area (Å²) in [6.07, 6.45) is 2.42. The van der Waals surface area contributed by atoms with Gasteiger partial charge in [0.2, 0.25) is 10.0 Å². The summed E-state index contributed by atoms with van der Waals surface area (Å²) in [6.45, 7) is 2.31. The van der Waals surface area contributed by atoms with Gasteiger partial charge < -0.3 is 15.7 Å². The summed E-state index contributed by atoms with van der Waals surface area (Å²) in [6, 6.07) is 3.91. The molecule has 0 unspecified atom stereocenters. The van der Waals surface area contributed by atoms with Gasteiger partial charge in [0, 0.05) is 43.9 Å². The molecule has 10 heteroatoms. The van der Waals surface area contributed by atoms with Crippen LogP contribution >= 0.6 is 0 Å². The molecule has 0 saturated carbocycles. The van der Waals surface area contributed by atoms with Crippen LogP contribution in [0.5, 0.6) is 5.75 Å². The highest BCUT2D eigenvalue weighted by molar-refractivity contribution is 7.89. The van der Waals surface area contributed by atoms with Crippen molar-refractivity contribution in [1.29, 1.82) is 0 Å². The number of rotatable bonds is 4. The van der Waals surface area contributed by atoms with Gasteiger partial charge in [0.1, 0.15) is 5.75 Å². The molecule has 144 valence electrons. The van der Waals surface area contributed by atoms with E-state index >= 15 is 0 Å². The van der Waals surface area contributed by atoms with E-state index in [0.29, 0.717) is 19.6 Å². The maximum atomic E-state index is 12.7. The molecule has 27 heavy (non-hydrogen) atoms. The van der Waals surface area contributed by atoms with E-state index in [2.05, 4.69) is 20.8 Å². The predicted molar refractivity (Wildman–Crippen MR) is 98.1 cm³/mol. The second kappa shape index (κ2) is 6.95. The molecule has 9 nitrogen and oxygen atoms in total. The van der Waals surface area contributed by atoms with E-state index in [1.54, 1.807) is 0 Å². The Balaban J connectivity index is 1.60. The van der Waals surface area contributed by atoms with Gasteiger partial charge in [0.15, 0.2) is 5.69 Å². The zero-order valence-corrected chi connectivity index (χ0v) is 15.5. The fourth-order valence-corrected chi connectivity index (χ4v) is 4.99. The van der Waals surface area contributed by atoms with E-state index in [0.717, 1.165) is 37.1 Å². The van der Waals surface area contributed by atoms with E-state index < -0.39 is 15.9 Å². The molecule has 0 spiro atoms. The lowest BCUT2D eigenvalue weighted by molar-refractivity contribution is 0.102. The second-order valence-corrected chi connectivity index (χ2v) is 8.64. The molecule has 0 atom stereocenters. The molecule has 2 aliphatic heterocycles. The van der Waals surface area contributed by atoms with Gasteiger partial charge in [-0.2, -0.15) is 9.40 Å². The first-order chi connectivity index (χ1) is 13.0. The monoisotopic (exact) mass is 391 g/mol. The van der Waals surface area contributed by atoms with Gasteiger partial charge >= 0.3 is 0 Å². The van der Waals surface area contributed by atoms with Gasteiger partial charge in [-0.05, 0) is 31.0 Å². The summed E-state index contributed by atoms with van der Waals surface area (Å²) < 4.78 is 26.8. The number of aromatic hydroxyl groups is 1. The van der Waals surface area contributed by atoms with Crippen LogP contribution in [0.25, 0.3) is 0 Å². The smallest absolute Gasteiger partial charge is 0.276 e. The molecule has 4 rings (SSSR count). The van der Waals surface area contributed by atoms with E-state index in [-0.39, 0.29) is 22.0 Å². The summed E-state index contributed by atoms with van der Waals surface area (Å²) in [7, 11) is -3.64. The summed E-state index contributed by atoms with van der Waals surface area (Å²) in [5.41, 5.74) is 1.98. The molecule has 1 saturated heterocycles. The maximum absolute atomic E-state index is 12.7. The van der Waals surface area contributed by atoms with Crippen LogP contribution in [0, 0.1) is 0 Å². The molecule has 0 aliphatic carbocycles. The van der Waals surface area contributed by atoms with E-state index in [1.807, 2.05) is 0 Å². The summed E-state index contributed by atoms with van der Waals surface area (Å²) in [5.74, 6) is -0.700. The Kier molecular flexibility index (Phi) is 4.62. The predicted octanol–water partition coefficient (Wildman–Crippen LogP) is 0.798. The lowest BCUT2D eigenvalue weighted by Crippen LogP contribution is -2.28. The number of hydrogen-bond acceptors (Lipinski definition) is 6. The molecule has 4 N–H and O–H groups in total. The Morgan fingerprint density at radius 2 is 2.04 bits per heavy atom. The van der Waals surface area contributed by atoms with Crippen LogP contribution in [0.15, 0.2) is 23.1 Å². The third kappa shape index (κ3) is 3.31. The van der Waals surface area contributed by atoms with Crippen LogP contribution in [-0.2, 0) is 23.0 Å². The lowest BCUT2D eigenvalue weighted by Gasteiger charge is -2.17. The standard InChI is InChI=1S/C17H21N5O4S/c23-15-4-3-11(27(25,26)22-7-1-2-8-22)9-14(15)19-17(24)16-12-10-18-6-5-13(12)20-21-16/h3-4,9,18,23H,1-2,5-8,10H2,(H,19,24)(H,20,21). The second-order valence-electron chi connectivity index (χ2n) is 6.70. The number of phenolic OH excluding ortho intramolecular Hbond substituents is 1. The molecule has 2 aromatic rings. The molecule has 1 amide bonds. The van der Waals surface area contributed by atoms with Crippen molar-refractivity contribution in [3.63, 3.8) is 0 Å². The van der Waals surface area contributed by atoms with Gasteiger partial charge in [-0.1, -0.05) is 0 Å². The Morgan fingerprint density at radius 3 is 2.81 bits per heavy atom. The average molecular weight is 391 g/mol. The van der Waals surface area contributed by atoms with Crippen LogP contribution in [-0.4, -0.2) is 53.6 Å². The number of sulfonamides is 1. The van der Waals surface area contributed by atoms with Crippen LogP contribution in [0.1, 0.15) is 34.6 Å².